The lowest BCUT2D eigenvalue weighted by atomic mass is 9.87. The predicted octanol–water partition coefficient (Wildman–Crippen LogP) is 0.769. The van der Waals surface area contributed by atoms with E-state index >= 15 is 0 Å². The maximum Gasteiger partial charge on any atom is 0.222 e. The average Bonchev–Trinajstić information content (AvgIpc) is 1.96. The molecule has 1 aliphatic carbocycles. The summed E-state index contributed by atoms with van der Waals surface area (Å²) in [5.41, 5.74) is 11.1. The number of rotatable bonds is 1. The molecule has 0 saturated heterocycles. The maximum atomic E-state index is 11.0. The molecule has 0 aromatic carbocycles. The Morgan fingerprint density at radius 2 is 1.67 bits per heavy atom. The van der Waals surface area contributed by atoms with E-state index in [1.54, 1.807) is 0 Å². The lowest BCUT2D eigenvalue weighted by Crippen LogP contribution is -2.39. The molecular formula is C9H18N2O. The molecular weight excluding hydrogens is 152 g/mol. The van der Waals surface area contributed by atoms with Gasteiger partial charge in [-0.3, -0.25) is 4.79 Å². The minimum absolute atomic E-state index is 0.00259. The quantitative estimate of drug-likeness (QED) is 0.610. The number of hydrogen-bond acceptors (Lipinski definition) is 2. The van der Waals surface area contributed by atoms with Crippen LogP contribution in [-0.2, 0) is 4.79 Å². The summed E-state index contributed by atoms with van der Waals surface area (Å²) in [5.74, 6) is -0.297. The van der Waals surface area contributed by atoms with Crippen LogP contribution >= 0.6 is 0 Å². The van der Waals surface area contributed by atoms with Gasteiger partial charge in [0, 0.05) is 6.04 Å². The van der Waals surface area contributed by atoms with Crippen molar-refractivity contribution in [2.75, 3.05) is 0 Å². The number of carbonyl (C=O) groups is 1. The highest BCUT2D eigenvalue weighted by Crippen LogP contribution is 2.20. The Hall–Kier alpha value is -0.570. The highest BCUT2D eigenvalue weighted by molar-refractivity contribution is 5.77. The van der Waals surface area contributed by atoms with Crippen LogP contribution in [-0.4, -0.2) is 11.9 Å². The van der Waals surface area contributed by atoms with Crippen LogP contribution in [0.25, 0.3) is 0 Å². The Labute approximate surface area is 73.5 Å². The van der Waals surface area contributed by atoms with Gasteiger partial charge in [0.15, 0.2) is 0 Å². The molecule has 3 nitrogen and oxygen atoms in total. The molecule has 2 unspecified atom stereocenters. The molecule has 1 rings (SSSR count). The molecule has 0 aliphatic heterocycles. The number of primary amides is 1. The predicted molar refractivity (Wildman–Crippen MR) is 48.4 cm³/mol. The monoisotopic (exact) mass is 170 g/mol. The largest absolute Gasteiger partial charge is 0.369 e. The van der Waals surface area contributed by atoms with Crippen molar-refractivity contribution in [1.82, 2.24) is 0 Å². The van der Waals surface area contributed by atoms with Crippen molar-refractivity contribution in [2.45, 2.75) is 44.6 Å². The van der Waals surface area contributed by atoms with Crippen LogP contribution in [0.3, 0.4) is 0 Å². The van der Waals surface area contributed by atoms with Gasteiger partial charge in [0.2, 0.25) is 5.91 Å². The van der Waals surface area contributed by atoms with Gasteiger partial charge in [-0.25, -0.2) is 0 Å². The van der Waals surface area contributed by atoms with Crippen LogP contribution < -0.4 is 11.5 Å². The molecule has 0 radical (unpaired) electrons. The van der Waals surface area contributed by atoms with Gasteiger partial charge in [0.25, 0.3) is 0 Å². The van der Waals surface area contributed by atoms with E-state index in [0.717, 1.165) is 25.7 Å². The Morgan fingerprint density at radius 1 is 1.08 bits per heavy atom. The fraction of sp³-hybridized carbons (Fsp3) is 0.889. The number of nitrogens with two attached hydrogens (primary N) is 2. The molecule has 2 atom stereocenters. The molecule has 0 bridgehead atoms. The van der Waals surface area contributed by atoms with Crippen LogP contribution in [0.2, 0.25) is 0 Å². The first kappa shape index (κ1) is 9.52. The summed E-state index contributed by atoms with van der Waals surface area (Å²) < 4.78 is 0. The van der Waals surface area contributed by atoms with E-state index in [0.29, 0.717) is 0 Å². The number of hydrogen-bond donors (Lipinski definition) is 2. The second kappa shape index (κ2) is 4.45. The van der Waals surface area contributed by atoms with Crippen LogP contribution in [0.4, 0.5) is 0 Å². The topological polar surface area (TPSA) is 69.1 Å². The van der Waals surface area contributed by atoms with E-state index in [1.807, 2.05) is 0 Å². The molecule has 0 heterocycles. The second-order valence-electron chi connectivity index (χ2n) is 3.66. The Morgan fingerprint density at radius 3 is 2.25 bits per heavy atom. The minimum Gasteiger partial charge on any atom is -0.369 e. The Balaban J connectivity index is 2.48. The molecule has 3 heteroatoms. The molecule has 0 aromatic heterocycles. The average molecular weight is 170 g/mol. The van der Waals surface area contributed by atoms with Gasteiger partial charge in [0.05, 0.1) is 5.92 Å². The molecule has 0 spiro atoms. The van der Waals surface area contributed by atoms with E-state index in [9.17, 15) is 4.79 Å². The molecule has 70 valence electrons. The Bertz CT molecular complexity index is 159. The lowest BCUT2D eigenvalue weighted by Gasteiger charge is -2.23. The first-order valence-electron chi connectivity index (χ1n) is 4.76. The molecule has 1 aliphatic rings. The third-order valence-corrected chi connectivity index (χ3v) is 2.68. The zero-order chi connectivity index (χ0) is 8.97. The zero-order valence-electron chi connectivity index (χ0n) is 7.46. The van der Waals surface area contributed by atoms with Crippen LogP contribution in [0.5, 0.6) is 0 Å². The highest BCUT2D eigenvalue weighted by Gasteiger charge is 2.23. The van der Waals surface area contributed by atoms with Gasteiger partial charge < -0.3 is 11.5 Å². The van der Waals surface area contributed by atoms with Crippen LogP contribution in [0.1, 0.15) is 38.5 Å². The zero-order valence-corrected chi connectivity index (χ0v) is 7.46. The van der Waals surface area contributed by atoms with Crippen molar-refractivity contribution in [3.8, 4) is 0 Å². The summed E-state index contributed by atoms with van der Waals surface area (Å²) in [6.45, 7) is 0. The van der Waals surface area contributed by atoms with Gasteiger partial charge in [-0.15, -0.1) is 0 Å². The van der Waals surface area contributed by atoms with E-state index < -0.39 is 0 Å². The fourth-order valence-electron chi connectivity index (χ4n) is 1.87. The van der Waals surface area contributed by atoms with Crippen molar-refractivity contribution in [2.24, 2.45) is 17.4 Å². The van der Waals surface area contributed by atoms with Gasteiger partial charge in [-0.1, -0.05) is 25.7 Å². The lowest BCUT2D eigenvalue weighted by molar-refractivity contribution is -0.122. The van der Waals surface area contributed by atoms with E-state index in [1.165, 1.54) is 12.8 Å². The van der Waals surface area contributed by atoms with Gasteiger partial charge in [-0.05, 0) is 12.8 Å². The molecule has 1 fully saturated rings. The van der Waals surface area contributed by atoms with Gasteiger partial charge >= 0.3 is 0 Å². The summed E-state index contributed by atoms with van der Waals surface area (Å²) in [6.07, 6.45) is 6.55. The van der Waals surface area contributed by atoms with Crippen molar-refractivity contribution in [3.05, 3.63) is 0 Å². The van der Waals surface area contributed by atoms with E-state index in [2.05, 4.69) is 0 Å². The third kappa shape index (κ3) is 2.48. The SMILES string of the molecule is NC(=O)C1CCCCCCC1N. The standard InChI is InChI=1S/C9H18N2O/c10-8-6-4-2-1-3-5-7(8)9(11)12/h7-8H,1-6,10H2,(H2,11,12). The van der Waals surface area contributed by atoms with E-state index in [-0.39, 0.29) is 17.9 Å². The normalized spacial score (nSPS) is 32.1. The molecule has 12 heavy (non-hydrogen) atoms. The Kier molecular flexibility index (Phi) is 3.53. The maximum absolute atomic E-state index is 11.0. The first-order chi connectivity index (χ1) is 5.72. The van der Waals surface area contributed by atoms with Crippen molar-refractivity contribution >= 4 is 5.91 Å². The smallest absolute Gasteiger partial charge is 0.222 e. The number of carbonyl (C=O) groups excluding carboxylic acids is 1. The fourth-order valence-corrected chi connectivity index (χ4v) is 1.87. The summed E-state index contributed by atoms with van der Waals surface area (Å²) in [7, 11) is 0. The molecule has 0 aromatic rings. The highest BCUT2D eigenvalue weighted by atomic mass is 16.1. The third-order valence-electron chi connectivity index (χ3n) is 2.68. The second-order valence-corrected chi connectivity index (χ2v) is 3.66. The summed E-state index contributed by atoms with van der Waals surface area (Å²) in [4.78, 5) is 11.0. The molecule has 1 saturated carbocycles. The summed E-state index contributed by atoms with van der Waals surface area (Å²) >= 11 is 0. The van der Waals surface area contributed by atoms with Crippen LogP contribution in [0, 0.1) is 5.92 Å². The van der Waals surface area contributed by atoms with Crippen molar-refractivity contribution in [1.29, 1.82) is 0 Å². The summed E-state index contributed by atoms with van der Waals surface area (Å²) in [6, 6.07) is 0.00259. The minimum atomic E-state index is -0.218. The van der Waals surface area contributed by atoms with Crippen LogP contribution in [0.15, 0.2) is 0 Å². The molecule has 4 N–H and O–H groups in total. The summed E-state index contributed by atoms with van der Waals surface area (Å²) in [5, 5.41) is 0. The number of amides is 1. The first-order valence-corrected chi connectivity index (χ1v) is 4.76. The van der Waals surface area contributed by atoms with Crippen molar-refractivity contribution < 1.29 is 4.79 Å². The van der Waals surface area contributed by atoms with Gasteiger partial charge in [0.1, 0.15) is 0 Å². The van der Waals surface area contributed by atoms with Gasteiger partial charge in [-0.2, -0.15) is 0 Å². The van der Waals surface area contributed by atoms with E-state index in [4.69, 9.17) is 11.5 Å². The van der Waals surface area contributed by atoms with Crippen molar-refractivity contribution in [3.63, 3.8) is 0 Å². The molecule has 1 amide bonds.